The van der Waals surface area contributed by atoms with Gasteiger partial charge in [-0.3, -0.25) is 5.43 Å². The van der Waals surface area contributed by atoms with Crippen LogP contribution in [0.15, 0.2) is 29.2 Å². The Bertz CT molecular complexity index is 629. The number of aryl methyl sites for hydroxylation is 1. The minimum absolute atomic E-state index is 0.194. The van der Waals surface area contributed by atoms with Gasteiger partial charge in [-0.15, -0.1) is 4.83 Å². The van der Waals surface area contributed by atoms with Crippen LogP contribution in [0.1, 0.15) is 12.0 Å². The molecule has 0 radical (unpaired) electrons. The molecule has 1 aliphatic rings. The van der Waals surface area contributed by atoms with Crippen molar-refractivity contribution in [2.75, 3.05) is 39.4 Å². The maximum Gasteiger partial charge on any atom is 0.257 e. The number of sulfonamides is 1. The molecule has 0 saturated carbocycles. The molecule has 0 aromatic heterocycles. The van der Waals surface area contributed by atoms with E-state index in [-0.39, 0.29) is 10.0 Å². The molecule has 24 heavy (non-hydrogen) atoms. The molecule has 0 amide bonds. The molecule has 1 saturated heterocycles. The van der Waals surface area contributed by atoms with Gasteiger partial charge < -0.3 is 15.0 Å². The summed E-state index contributed by atoms with van der Waals surface area (Å²) in [7, 11) is -3.63. The fraction of sp³-hybridized carbons (Fsp3) is 0.533. The highest BCUT2D eigenvalue weighted by atomic mass is 32.2. The maximum absolute atomic E-state index is 12.1. The summed E-state index contributed by atoms with van der Waals surface area (Å²) in [5.74, 6) is 0. The van der Waals surface area contributed by atoms with Gasteiger partial charge in [0, 0.05) is 13.0 Å². The van der Waals surface area contributed by atoms with Gasteiger partial charge in [-0.25, -0.2) is 8.42 Å². The third kappa shape index (κ3) is 6.33. The Balaban J connectivity index is 1.65. The van der Waals surface area contributed by atoms with Gasteiger partial charge >= 0.3 is 0 Å². The predicted molar refractivity (Wildman–Crippen MR) is 96.2 cm³/mol. The molecule has 1 aromatic carbocycles. The summed E-state index contributed by atoms with van der Waals surface area (Å²) in [6.45, 7) is 7.38. The van der Waals surface area contributed by atoms with Crippen LogP contribution in [0.3, 0.4) is 0 Å². The van der Waals surface area contributed by atoms with Crippen LogP contribution in [0.5, 0.6) is 0 Å². The molecular formula is C15H25N4O3S2+. The summed E-state index contributed by atoms with van der Waals surface area (Å²) in [5.41, 5.74) is 3.53. The van der Waals surface area contributed by atoms with Crippen LogP contribution in [-0.2, 0) is 14.8 Å². The lowest BCUT2D eigenvalue weighted by Crippen LogP contribution is -3.14. The summed E-state index contributed by atoms with van der Waals surface area (Å²) < 4.78 is 29.5. The average molecular weight is 374 g/mol. The number of hydrazine groups is 1. The zero-order valence-electron chi connectivity index (χ0n) is 13.8. The Hall–Kier alpha value is -1.26. The number of benzene rings is 1. The lowest BCUT2D eigenvalue weighted by molar-refractivity contribution is -0.908. The zero-order valence-corrected chi connectivity index (χ0v) is 15.4. The lowest BCUT2D eigenvalue weighted by atomic mass is 10.2. The van der Waals surface area contributed by atoms with Gasteiger partial charge in [0.2, 0.25) is 0 Å². The second-order valence-corrected chi connectivity index (χ2v) is 7.86. The van der Waals surface area contributed by atoms with Gasteiger partial charge in [-0.1, -0.05) is 17.7 Å². The topological polar surface area (TPSA) is 83.9 Å². The predicted octanol–water partition coefficient (Wildman–Crippen LogP) is -1.04. The molecule has 4 N–H and O–H groups in total. The van der Waals surface area contributed by atoms with E-state index in [0.29, 0.717) is 6.54 Å². The summed E-state index contributed by atoms with van der Waals surface area (Å²) in [6.07, 6.45) is 0.960. The number of thiocarbonyl (C=S) groups is 1. The lowest BCUT2D eigenvalue weighted by Gasteiger charge is -2.23. The molecule has 9 heteroatoms. The third-order valence-corrected chi connectivity index (χ3v) is 5.33. The van der Waals surface area contributed by atoms with Crippen LogP contribution < -0.4 is 20.5 Å². The van der Waals surface area contributed by atoms with Gasteiger partial charge in [0.05, 0.1) is 24.7 Å². The van der Waals surface area contributed by atoms with E-state index in [0.717, 1.165) is 44.8 Å². The van der Waals surface area contributed by atoms with Crippen molar-refractivity contribution in [3.05, 3.63) is 29.8 Å². The molecule has 0 aliphatic carbocycles. The van der Waals surface area contributed by atoms with Crippen molar-refractivity contribution < 1.29 is 18.1 Å². The normalized spacial score (nSPS) is 15.9. The van der Waals surface area contributed by atoms with Crippen LogP contribution in [0.25, 0.3) is 0 Å². The molecule has 0 spiro atoms. The first-order chi connectivity index (χ1) is 11.5. The second-order valence-electron chi connectivity index (χ2n) is 5.77. The number of nitrogens with one attached hydrogen (secondary N) is 4. The van der Waals surface area contributed by atoms with Gasteiger partial charge in [0.15, 0.2) is 5.11 Å². The van der Waals surface area contributed by atoms with E-state index in [1.807, 2.05) is 6.92 Å². The SMILES string of the molecule is Cc1ccc(S(=O)(=O)NNC(=S)NCCC[NH+]2CCOCC2)cc1. The molecule has 134 valence electrons. The molecule has 7 nitrogen and oxygen atoms in total. The first-order valence-electron chi connectivity index (χ1n) is 8.01. The number of hydrogen-bond acceptors (Lipinski definition) is 4. The van der Waals surface area contributed by atoms with E-state index in [4.69, 9.17) is 17.0 Å². The zero-order chi connectivity index (χ0) is 17.4. The summed E-state index contributed by atoms with van der Waals surface area (Å²) >= 11 is 5.09. The quantitative estimate of drug-likeness (QED) is 0.278. The van der Waals surface area contributed by atoms with E-state index in [9.17, 15) is 8.42 Å². The third-order valence-electron chi connectivity index (χ3n) is 3.82. The highest BCUT2D eigenvalue weighted by molar-refractivity contribution is 7.89. The first-order valence-corrected chi connectivity index (χ1v) is 9.90. The van der Waals surface area contributed by atoms with E-state index in [2.05, 4.69) is 15.6 Å². The average Bonchev–Trinajstić information content (AvgIpc) is 2.58. The van der Waals surface area contributed by atoms with Crippen LogP contribution in [0, 0.1) is 6.92 Å². The Labute approximate surface area is 148 Å². The number of hydrogen-bond donors (Lipinski definition) is 4. The summed E-state index contributed by atoms with van der Waals surface area (Å²) in [6, 6.07) is 6.61. The molecule has 1 heterocycles. The van der Waals surface area contributed by atoms with Crippen LogP contribution in [0.2, 0.25) is 0 Å². The van der Waals surface area contributed by atoms with E-state index >= 15 is 0 Å². The molecule has 1 aromatic rings. The molecule has 1 aliphatic heterocycles. The molecule has 2 rings (SSSR count). The van der Waals surface area contributed by atoms with Crippen LogP contribution >= 0.6 is 12.2 Å². The second kappa shape index (κ2) is 9.28. The number of ether oxygens (including phenoxy) is 1. The fourth-order valence-corrected chi connectivity index (χ4v) is 3.45. The standard InChI is InChI=1S/C15H24N4O3S2/c1-13-3-5-14(6-4-13)24(20,21)18-17-15(23)16-7-2-8-19-9-11-22-12-10-19/h3-6,18H,2,7-12H2,1H3,(H2,16,17,23)/p+1. The van der Waals surface area contributed by atoms with Crippen molar-refractivity contribution in [2.45, 2.75) is 18.2 Å². The van der Waals surface area contributed by atoms with Gasteiger partial charge in [0.25, 0.3) is 10.0 Å². The Kier molecular flexibility index (Phi) is 7.38. The van der Waals surface area contributed by atoms with Crippen LogP contribution in [0.4, 0.5) is 0 Å². The van der Waals surface area contributed by atoms with Crippen LogP contribution in [-0.4, -0.2) is 52.9 Å². The van der Waals surface area contributed by atoms with Gasteiger partial charge in [-0.05, 0) is 31.3 Å². The van der Waals surface area contributed by atoms with Gasteiger partial charge in [-0.2, -0.15) is 0 Å². The number of rotatable bonds is 7. The van der Waals surface area contributed by atoms with E-state index in [1.54, 1.807) is 24.3 Å². The Morgan fingerprint density at radius 3 is 2.58 bits per heavy atom. The van der Waals surface area contributed by atoms with Crippen molar-refractivity contribution in [2.24, 2.45) is 0 Å². The molecule has 1 fully saturated rings. The van der Waals surface area contributed by atoms with Crippen molar-refractivity contribution in [1.82, 2.24) is 15.6 Å². The summed E-state index contributed by atoms with van der Waals surface area (Å²) in [4.78, 5) is 4.01. The van der Waals surface area contributed by atoms with Crippen molar-refractivity contribution in [3.63, 3.8) is 0 Å². The van der Waals surface area contributed by atoms with E-state index < -0.39 is 10.0 Å². The first kappa shape index (κ1) is 19.1. The molecular weight excluding hydrogens is 348 g/mol. The monoisotopic (exact) mass is 373 g/mol. The molecule has 0 unspecified atom stereocenters. The maximum atomic E-state index is 12.1. The minimum Gasteiger partial charge on any atom is -0.370 e. The Morgan fingerprint density at radius 2 is 1.92 bits per heavy atom. The molecule has 0 bridgehead atoms. The number of morpholine rings is 1. The van der Waals surface area contributed by atoms with E-state index in [1.165, 1.54) is 4.90 Å². The number of quaternary nitrogens is 1. The Morgan fingerprint density at radius 1 is 1.25 bits per heavy atom. The highest BCUT2D eigenvalue weighted by Gasteiger charge is 2.14. The van der Waals surface area contributed by atoms with Gasteiger partial charge in [0.1, 0.15) is 13.1 Å². The summed E-state index contributed by atoms with van der Waals surface area (Å²) in [5, 5.41) is 3.27. The van der Waals surface area contributed by atoms with Crippen molar-refractivity contribution >= 4 is 27.4 Å². The molecule has 0 atom stereocenters. The van der Waals surface area contributed by atoms with Crippen molar-refractivity contribution in [3.8, 4) is 0 Å². The highest BCUT2D eigenvalue weighted by Crippen LogP contribution is 2.08. The fourth-order valence-electron chi connectivity index (χ4n) is 2.38. The largest absolute Gasteiger partial charge is 0.370 e. The minimum atomic E-state index is -3.63. The smallest absolute Gasteiger partial charge is 0.257 e. The van der Waals surface area contributed by atoms with Crippen molar-refractivity contribution in [1.29, 1.82) is 0 Å².